The van der Waals surface area contributed by atoms with Gasteiger partial charge in [-0.3, -0.25) is 4.79 Å². The molecule has 4 rings (SSSR count). The Bertz CT molecular complexity index is 479. The second kappa shape index (κ2) is 4.36. The van der Waals surface area contributed by atoms with Crippen molar-refractivity contribution in [2.24, 2.45) is 23.2 Å². The molecule has 0 aliphatic heterocycles. The van der Waals surface area contributed by atoms with Crippen LogP contribution in [0.15, 0.2) is 30.3 Å². The topological polar surface area (TPSA) is 29.1 Å². The highest BCUT2D eigenvalue weighted by atomic mass is 16.1. The lowest BCUT2D eigenvalue weighted by molar-refractivity contribution is -0.113. The van der Waals surface area contributed by atoms with Gasteiger partial charge in [0.2, 0.25) is 0 Å². The van der Waals surface area contributed by atoms with Crippen LogP contribution in [0.5, 0.6) is 0 Å². The number of hydrogen-bond donors (Lipinski definition) is 1. The maximum atomic E-state index is 12.2. The number of amides is 1. The number of rotatable bonds is 2. The van der Waals surface area contributed by atoms with E-state index in [0.717, 1.165) is 23.8 Å². The van der Waals surface area contributed by atoms with Gasteiger partial charge in [0.25, 0.3) is 5.91 Å². The van der Waals surface area contributed by atoms with E-state index in [1.165, 1.54) is 6.42 Å². The molecule has 0 saturated heterocycles. The van der Waals surface area contributed by atoms with Crippen molar-refractivity contribution in [2.45, 2.75) is 39.7 Å². The van der Waals surface area contributed by atoms with Crippen LogP contribution < -0.4 is 5.32 Å². The smallest absolute Gasteiger partial charge is 0.251 e. The highest BCUT2D eigenvalue weighted by Gasteiger charge is 2.56. The van der Waals surface area contributed by atoms with Gasteiger partial charge in [-0.15, -0.1) is 0 Å². The average Bonchev–Trinajstić information content (AvgIpc) is 2.41. The van der Waals surface area contributed by atoms with Gasteiger partial charge in [-0.05, 0) is 48.1 Å². The van der Waals surface area contributed by atoms with Crippen LogP contribution in [0.3, 0.4) is 0 Å². The molecule has 3 saturated carbocycles. The second-order valence-electron chi connectivity index (χ2n) is 6.90. The van der Waals surface area contributed by atoms with Crippen LogP contribution in [0.2, 0.25) is 0 Å². The zero-order valence-electron chi connectivity index (χ0n) is 12.0. The van der Waals surface area contributed by atoms with Crippen LogP contribution in [0.25, 0.3) is 0 Å². The molecule has 1 aromatic carbocycles. The van der Waals surface area contributed by atoms with E-state index in [0.29, 0.717) is 17.4 Å². The molecule has 1 N–H and O–H groups in total. The Kier molecular flexibility index (Phi) is 2.92. The number of fused-ring (bicyclic) bond motifs is 2. The maximum absolute atomic E-state index is 12.2. The van der Waals surface area contributed by atoms with E-state index in [4.69, 9.17) is 0 Å². The molecule has 2 bridgehead atoms. The first-order valence-electron chi connectivity index (χ1n) is 7.36. The summed E-state index contributed by atoms with van der Waals surface area (Å²) in [5, 5.41) is 3.24. The Hall–Kier alpha value is -1.31. The van der Waals surface area contributed by atoms with Crippen molar-refractivity contribution >= 4 is 5.91 Å². The van der Waals surface area contributed by atoms with Gasteiger partial charge in [-0.1, -0.05) is 39.0 Å². The number of hydrogen-bond acceptors (Lipinski definition) is 1. The molecule has 0 radical (unpaired) electrons. The summed E-state index contributed by atoms with van der Waals surface area (Å²) in [6.07, 6.45) is 2.50. The van der Waals surface area contributed by atoms with Gasteiger partial charge < -0.3 is 5.32 Å². The molecule has 3 unspecified atom stereocenters. The van der Waals surface area contributed by atoms with Crippen molar-refractivity contribution in [1.82, 2.24) is 5.32 Å². The summed E-state index contributed by atoms with van der Waals surface area (Å²) in [6, 6.07) is 9.89. The second-order valence-corrected chi connectivity index (χ2v) is 6.90. The highest BCUT2D eigenvalue weighted by Crippen LogP contribution is 2.61. The third kappa shape index (κ3) is 1.98. The number of carbonyl (C=O) groups is 1. The van der Waals surface area contributed by atoms with Crippen LogP contribution in [0.4, 0.5) is 0 Å². The van der Waals surface area contributed by atoms with E-state index in [1.807, 2.05) is 30.3 Å². The molecule has 3 fully saturated rings. The largest absolute Gasteiger partial charge is 0.349 e. The molecule has 2 heteroatoms. The fourth-order valence-electron chi connectivity index (χ4n) is 4.18. The van der Waals surface area contributed by atoms with E-state index in [2.05, 4.69) is 26.1 Å². The first-order chi connectivity index (χ1) is 9.00. The molecular weight excluding hydrogens is 234 g/mol. The third-order valence-corrected chi connectivity index (χ3v) is 5.71. The van der Waals surface area contributed by atoms with Crippen molar-refractivity contribution in [3.05, 3.63) is 35.9 Å². The van der Waals surface area contributed by atoms with Crippen molar-refractivity contribution in [1.29, 1.82) is 0 Å². The zero-order chi connectivity index (χ0) is 13.6. The van der Waals surface area contributed by atoms with Gasteiger partial charge in [0, 0.05) is 11.6 Å². The fraction of sp³-hybridized carbons (Fsp3) is 0.588. The Morgan fingerprint density at radius 1 is 1.21 bits per heavy atom. The first kappa shape index (κ1) is 12.7. The molecule has 1 amide bonds. The molecule has 3 aliphatic carbocycles. The summed E-state index contributed by atoms with van der Waals surface area (Å²) in [4.78, 5) is 12.2. The van der Waals surface area contributed by atoms with E-state index in [1.54, 1.807) is 0 Å². The number of nitrogens with one attached hydrogen (secondary N) is 1. The standard InChI is InChI=1S/C17H23NO/c1-11-14-9-13(17(14,2)3)10-15(11)18-16(19)12-7-5-4-6-8-12/h4-8,11,13-15H,9-10H2,1-3H3,(H,18,19)/t11-,13?,14?,15?/m1/s1. The van der Waals surface area contributed by atoms with Crippen LogP contribution in [-0.2, 0) is 0 Å². The molecule has 2 nitrogen and oxygen atoms in total. The predicted molar refractivity (Wildman–Crippen MR) is 76.9 cm³/mol. The first-order valence-corrected chi connectivity index (χ1v) is 7.36. The molecule has 1 aromatic rings. The summed E-state index contributed by atoms with van der Waals surface area (Å²) in [5.41, 5.74) is 1.25. The Morgan fingerprint density at radius 2 is 1.89 bits per heavy atom. The SMILES string of the molecule is C[C@H]1C(NC(=O)c2ccccc2)CC2CC1C2(C)C. The Balaban J connectivity index is 1.68. The van der Waals surface area contributed by atoms with E-state index in [9.17, 15) is 4.79 Å². The van der Waals surface area contributed by atoms with Gasteiger partial charge in [0.05, 0.1) is 0 Å². The third-order valence-electron chi connectivity index (χ3n) is 5.71. The number of benzene rings is 1. The van der Waals surface area contributed by atoms with Crippen LogP contribution in [0.1, 0.15) is 44.0 Å². The number of carbonyl (C=O) groups excluding carboxylic acids is 1. The van der Waals surface area contributed by atoms with E-state index >= 15 is 0 Å². The summed E-state index contributed by atoms with van der Waals surface area (Å²) >= 11 is 0. The van der Waals surface area contributed by atoms with E-state index < -0.39 is 0 Å². The van der Waals surface area contributed by atoms with Crippen molar-refractivity contribution in [3.63, 3.8) is 0 Å². The minimum Gasteiger partial charge on any atom is -0.349 e. The van der Waals surface area contributed by atoms with Crippen molar-refractivity contribution in [2.75, 3.05) is 0 Å². The van der Waals surface area contributed by atoms with Gasteiger partial charge in [-0.25, -0.2) is 0 Å². The summed E-state index contributed by atoms with van der Waals surface area (Å²) in [6.45, 7) is 7.08. The zero-order valence-corrected chi connectivity index (χ0v) is 12.0. The fourth-order valence-corrected chi connectivity index (χ4v) is 4.18. The lowest BCUT2D eigenvalue weighted by Crippen LogP contribution is -2.60. The van der Waals surface area contributed by atoms with Crippen LogP contribution in [-0.4, -0.2) is 11.9 Å². The maximum Gasteiger partial charge on any atom is 0.251 e. The van der Waals surface area contributed by atoms with Gasteiger partial charge >= 0.3 is 0 Å². The molecular formula is C17H23NO. The average molecular weight is 257 g/mol. The minimum absolute atomic E-state index is 0.0801. The molecule has 3 aliphatic rings. The van der Waals surface area contributed by atoms with Gasteiger partial charge in [0.1, 0.15) is 0 Å². The van der Waals surface area contributed by atoms with Gasteiger partial charge in [0.15, 0.2) is 0 Å². The van der Waals surface area contributed by atoms with Crippen LogP contribution >= 0.6 is 0 Å². The monoisotopic (exact) mass is 257 g/mol. The summed E-state index contributed by atoms with van der Waals surface area (Å²) in [5.74, 6) is 2.23. The Morgan fingerprint density at radius 3 is 2.47 bits per heavy atom. The normalized spacial score (nSPS) is 35.3. The lowest BCUT2D eigenvalue weighted by atomic mass is 9.45. The molecule has 0 aromatic heterocycles. The van der Waals surface area contributed by atoms with E-state index in [-0.39, 0.29) is 5.91 Å². The minimum atomic E-state index is 0.0801. The predicted octanol–water partition coefficient (Wildman–Crippen LogP) is 3.49. The molecule has 102 valence electrons. The quantitative estimate of drug-likeness (QED) is 0.863. The Labute approximate surface area is 115 Å². The van der Waals surface area contributed by atoms with Crippen molar-refractivity contribution in [3.8, 4) is 0 Å². The van der Waals surface area contributed by atoms with Crippen LogP contribution in [0, 0.1) is 23.2 Å². The summed E-state index contributed by atoms with van der Waals surface area (Å²) in [7, 11) is 0. The summed E-state index contributed by atoms with van der Waals surface area (Å²) < 4.78 is 0. The highest BCUT2D eigenvalue weighted by molar-refractivity contribution is 5.94. The molecule has 0 spiro atoms. The molecule has 4 atom stereocenters. The molecule has 19 heavy (non-hydrogen) atoms. The molecule has 0 heterocycles. The van der Waals surface area contributed by atoms with Crippen molar-refractivity contribution < 1.29 is 4.79 Å². The van der Waals surface area contributed by atoms with Gasteiger partial charge in [-0.2, -0.15) is 0 Å². The lowest BCUT2D eigenvalue weighted by Gasteiger charge is -2.62.